The van der Waals surface area contributed by atoms with Crippen molar-refractivity contribution in [3.63, 3.8) is 0 Å². The SMILES string of the molecule is CC1(C)COC(Cn2ccnc2)(c2ccc(C(C)(C)C)cc2)OC1. The average molecular weight is 328 g/mol. The van der Waals surface area contributed by atoms with E-state index in [2.05, 4.69) is 63.9 Å². The molecule has 0 atom stereocenters. The number of imidazole rings is 1. The van der Waals surface area contributed by atoms with Crippen molar-refractivity contribution in [2.45, 2.75) is 52.4 Å². The number of ether oxygens (including phenoxy) is 2. The third-order valence-corrected chi connectivity index (χ3v) is 4.53. The lowest BCUT2D eigenvalue weighted by atomic mass is 9.86. The third-order valence-electron chi connectivity index (χ3n) is 4.53. The summed E-state index contributed by atoms with van der Waals surface area (Å²) in [6.45, 7) is 12.9. The van der Waals surface area contributed by atoms with Crippen LogP contribution in [-0.4, -0.2) is 22.8 Å². The number of benzene rings is 1. The molecule has 0 N–H and O–H groups in total. The van der Waals surface area contributed by atoms with Gasteiger partial charge < -0.3 is 14.0 Å². The molecule has 1 aliphatic rings. The van der Waals surface area contributed by atoms with E-state index < -0.39 is 5.79 Å². The molecule has 0 amide bonds. The second kappa shape index (κ2) is 6.01. The lowest BCUT2D eigenvalue weighted by molar-refractivity contribution is -0.314. The smallest absolute Gasteiger partial charge is 0.213 e. The van der Waals surface area contributed by atoms with Crippen molar-refractivity contribution in [3.8, 4) is 0 Å². The quantitative estimate of drug-likeness (QED) is 0.851. The fraction of sp³-hybridized carbons (Fsp3) is 0.550. The van der Waals surface area contributed by atoms with Crippen molar-refractivity contribution in [2.75, 3.05) is 13.2 Å². The van der Waals surface area contributed by atoms with Gasteiger partial charge in [-0.3, -0.25) is 0 Å². The fourth-order valence-electron chi connectivity index (χ4n) is 2.90. The fourth-order valence-corrected chi connectivity index (χ4v) is 2.90. The molecular formula is C20H28N2O2. The van der Waals surface area contributed by atoms with Crippen LogP contribution in [0.5, 0.6) is 0 Å². The first-order valence-electron chi connectivity index (χ1n) is 8.55. The van der Waals surface area contributed by atoms with E-state index in [1.54, 1.807) is 12.5 Å². The van der Waals surface area contributed by atoms with E-state index in [-0.39, 0.29) is 10.8 Å². The second-order valence-electron chi connectivity index (χ2n) is 8.56. The van der Waals surface area contributed by atoms with Gasteiger partial charge in [-0.1, -0.05) is 58.9 Å². The van der Waals surface area contributed by atoms with Crippen LogP contribution in [0.15, 0.2) is 43.0 Å². The van der Waals surface area contributed by atoms with Crippen molar-refractivity contribution >= 4 is 0 Å². The third kappa shape index (κ3) is 3.55. The van der Waals surface area contributed by atoms with Gasteiger partial charge in [0.15, 0.2) is 0 Å². The molecule has 2 aromatic rings. The van der Waals surface area contributed by atoms with Gasteiger partial charge in [-0.2, -0.15) is 0 Å². The van der Waals surface area contributed by atoms with E-state index >= 15 is 0 Å². The van der Waals surface area contributed by atoms with E-state index in [0.29, 0.717) is 19.8 Å². The molecule has 3 rings (SSSR count). The molecule has 0 bridgehead atoms. The highest BCUT2D eigenvalue weighted by atomic mass is 16.7. The lowest BCUT2D eigenvalue weighted by Crippen LogP contribution is -2.47. The van der Waals surface area contributed by atoms with Crippen LogP contribution in [0.25, 0.3) is 0 Å². The molecule has 0 spiro atoms. The number of rotatable bonds is 3. The van der Waals surface area contributed by atoms with Crippen LogP contribution in [0.2, 0.25) is 0 Å². The van der Waals surface area contributed by atoms with Gasteiger partial charge in [0.05, 0.1) is 26.1 Å². The van der Waals surface area contributed by atoms with Gasteiger partial charge in [-0.25, -0.2) is 4.98 Å². The minimum atomic E-state index is -0.757. The summed E-state index contributed by atoms with van der Waals surface area (Å²) in [6.07, 6.45) is 5.53. The van der Waals surface area contributed by atoms with E-state index in [1.165, 1.54) is 5.56 Å². The Kier molecular flexibility index (Phi) is 4.30. The molecule has 1 fully saturated rings. The van der Waals surface area contributed by atoms with Crippen molar-refractivity contribution in [1.29, 1.82) is 0 Å². The van der Waals surface area contributed by atoms with E-state index in [4.69, 9.17) is 9.47 Å². The molecule has 0 aliphatic carbocycles. The molecule has 0 saturated carbocycles. The Labute approximate surface area is 144 Å². The zero-order valence-corrected chi connectivity index (χ0v) is 15.4. The summed E-state index contributed by atoms with van der Waals surface area (Å²) in [6, 6.07) is 8.63. The minimum Gasteiger partial charge on any atom is -0.344 e. The molecule has 4 nitrogen and oxygen atoms in total. The molecule has 4 heteroatoms. The lowest BCUT2D eigenvalue weighted by Gasteiger charge is -2.44. The van der Waals surface area contributed by atoms with Crippen LogP contribution in [0, 0.1) is 5.41 Å². The second-order valence-corrected chi connectivity index (χ2v) is 8.56. The van der Waals surface area contributed by atoms with Gasteiger partial charge in [0.2, 0.25) is 5.79 Å². The largest absolute Gasteiger partial charge is 0.344 e. The zero-order chi connectivity index (χ0) is 17.4. The Morgan fingerprint density at radius 1 is 1.08 bits per heavy atom. The van der Waals surface area contributed by atoms with Gasteiger partial charge in [-0.15, -0.1) is 0 Å². The van der Waals surface area contributed by atoms with E-state index in [1.807, 2.05) is 10.8 Å². The van der Waals surface area contributed by atoms with E-state index in [9.17, 15) is 0 Å². The number of nitrogens with zero attached hydrogens (tertiary/aromatic N) is 2. The summed E-state index contributed by atoms with van der Waals surface area (Å²) in [5, 5.41) is 0. The molecule has 2 heterocycles. The number of hydrogen-bond acceptors (Lipinski definition) is 3. The molecule has 1 aromatic carbocycles. The van der Waals surface area contributed by atoms with Gasteiger partial charge in [0.1, 0.15) is 0 Å². The molecule has 1 saturated heterocycles. The van der Waals surface area contributed by atoms with Gasteiger partial charge in [-0.05, 0) is 11.0 Å². The first-order valence-corrected chi connectivity index (χ1v) is 8.55. The van der Waals surface area contributed by atoms with Crippen molar-refractivity contribution in [3.05, 3.63) is 54.1 Å². The zero-order valence-electron chi connectivity index (χ0n) is 15.4. The van der Waals surface area contributed by atoms with Crippen LogP contribution in [0.4, 0.5) is 0 Å². The van der Waals surface area contributed by atoms with Gasteiger partial charge in [0, 0.05) is 23.4 Å². The molecular weight excluding hydrogens is 300 g/mol. The molecule has 24 heavy (non-hydrogen) atoms. The van der Waals surface area contributed by atoms with Gasteiger partial charge in [0.25, 0.3) is 0 Å². The molecule has 130 valence electrons. The van der Waals surface area contributed by atoms with E-state index in [0.717, 1.165) is 5.56 Å². The van der Waals surface area contributed by atoms with Crippen molar-refractivity contribution in [1.82, 2.24) is 9.55 Å². The van der Waals surface area contributed by atoms with Crippen LogP contribution < -0.4 is 0 Å². The Morgan fingerprint density at radius 2 is 1.71 bits per heavy atom. The van der Waals surface area contributed by atoms with Crippen molar-refractivity contribution < 1.29 is 9.47 Å². The maximum atomic E-state index is 6.29. The predicted molar refractivity (Wildman–Crippen MR) is 94.7 cm³/mol. The summed E-state index contributed by atoms with van der Waals surface area (Å²) in [4.78, 5) is 4.14. The molecule has 0 radical (unpaired) electrons. The predicted octanol–water partition coefficient (Wildman–Crippen LogP) is 4.11. The Morgan fingerprint density at radius 3 is 2.21 bits per heavy atom. The topological polar surface area (TPSA) is 36.3 Å². The minimum absolute atomic E-state index is 0.0315. The number of aromatic nitrogens is 2. The first kappa shape index (κ1) is 17.2. The average Bonchev–Trinajstić information content (AvgIpc) is 3.02. The van der Waals surface area contributed by atoms with Crippen LogP contribution in [0.1, 0.15) is 45.7 Å². The Hall–Kier alpha value is -1.65. The maximum absolute atomic E-state index is 6.29. The highest BCUT2D eigenvalue weighted by Gasteiger charge is 2.42. The summed E-state index contributed by atoms with van der Waals surface area (Å²) in [5.41, 5.74) is 2.52. The van der Waals surface area contributed by atoms with Crippen LogP contribution in [0.3, 0.4) is 0 Å². The summed E-state index contributed by atoms with van der Waals surface area (Å²) < 4.78 is 14.6. The van der Waals surface area contributed by atoms with Crippen LogP contribution in [-0.2, 0) is 27.2 Å². The molecule has 1 aromatic heterocycles. The maximum Gasteiger partial charge on any atom is 0.213 e. The normalized spacial score (nSPS) is 20.0. The standard InChI is InChI=1S/C20H28N2O2/c1-18(2,3)16-6-8-17(9-7-16)20(12-22-11-10-21-15-22)23-13-19(4,5)14-24-20/h6-11,15H,12-14H2,1-5H3. The van der Waals surface area contributed by atoms with Crippen LogP contribution >= 0.6 is 0 Å². The first-order chi connectivity index (χ1) is 11.2. The monoisotopic (exact) mass is 328 g/mol. The Balaban J connectivity index is 1.93. The molecule has 0 unspecified atom stereocenters. The summed E-state index contributed by atoms with van der Waals surface area (Å²) in [5.74, 6) is -0.757. The summed E-state index contributed by atoms with van der Waals surface area (Å²) >= 11 is 0. The summed E-state index contributed by atoms with van der Waals surface area (Å²) in [7, 11) is 0. The number of hydrogen-bond donors (Lipinski definition) is 0. The Bertz CT molecular complexity index is 657. The van der Waals surface area contributed by atoms with Crippen molar-refractivity contribution in [2.24, 2.45) is 5.41 Å². The highest BCUT2D eigenvalue weighted by Crippen LogP contribution is 2.38. The molecule has 1 aliphatic heterocycles. The van der Waals surface area contributed by atoms with Gasteiger partial charge >= 0.3 is 0 Å². The highest BCUT2D eigenvalue weighted by molar-refractivity contribution is 5.30.